The second-order valence-corrected chi connectivity index (χ2v) is 10.6. The van der Waals surface area contributed by atoms with E-state index in [0.29, 0.717) is 56.8 Å². The molecule has 2 fully saturated rings. The number of halogens is 3. The lowest BCUT2D eigenvalue weighted by atomic mass is 9.76. The molecule has 2 aliphatic heterocycles. The van der Waals surface area contributed by atoms with Crippen LogP contribution in [0.3, 0.4) is 0 Å². The van der Waals surface area contributed by atoms with Gasteiger partial charge in [-0.25, -0.2) is 4.68 Å². The molecule has 0 saturated carbocycles. The molecule has 2 atom stereocenters. The predicted octanol–water partition coefficient (Wildman–Crippen LogP) is 3.83. The van der Waals surface area contributed by atoms with Gasteiger partial charge in [0.05, 0.1) is 11.4 Å². The van der Waals surface area contributed by atoms with Gasteiger partial charge < -0.3 is 25.8 Å². The normalized spacial score (nSPS) is 19.6. The number of benzene rings is 1. The maximum absolute atomic E-state index is 14.5. The fraction of sp³-hybridized carbons (Fsp3) is 0.481. The van der Waals surface area contributed by atoms with Crippen molar-refractivity contribution in [2.75, 3.05) is 30.3 Å². The van der Waals surface area contributed by atoms with E-state index in [2.05, 4.69) is 20.4 Å². The van der Waals surface area contributed by atoms with Crippen molar-refractivity contribution in [1.82, 2.24) is 25.1 Å². The summed E-state index contributed by atoms with van der Waals surface area (Å²) in [6.45, 7) is 5.40. The Morgan fingerprint density at radius 3 is 2.60 bits per heavy atom. The van der Waals surface area contributed by atoms with Gasteiger partial charge in [0.1, 0.15) is 11.9 Å². The highest BCUT2D eigenvalue weighted by Crippen LogP contribution is 2.42. The summed E-state index contributed by atoms with van der Waals surface area (Å²) in [5.41, 5.74) is 7.47. The molecule has 2 saturated heterocycles. The van der Waals surface area contributed by atoms with Crippen molar-refractivity contribution >= 4 is 17.7 Å². The molecule has 4 heterocycles. The van der Waals surface area contributed by atoms with Crippen LogP contribution < -0.4 is 20.7 Å². The number of aliphatic carboxylic acids is 1. The first kappa shape index (κ1) is 27.7. The van der Waals surface area contributed by atoms with E-state index < -0.39 is 24.3 Å². The van der Waals surface area contributed by atoms with E-state index in [-0.39, 0.29) is 28.5 Å². The summed E-state index contributed by atoms with van der Waals surface area (Å²) in [6, 6.07) is 7.27. The summed E-state index contributed by atoms with van der Waals surface area (Å²) >= 11 is 0. The van der Waals surface area contributed by atoms with Crippen LogP contribution in [0.2, 0.25) is 0 Å². The number of nitrogens with zero attached hydrogens (tertiary/aromatic N) is 5. The fourth-order valence-electron chi connectivity index (χ4n) is 5.54. The van der Waals surface area contributed by atoms with Gasteiger partial charge >= 0.3 is 12.1 Å². The van der Waals surface area contributed by atoms with E-state index in [9.17, 15) is 23.1 Å². The van der Waals surface area contributed by atoms with Crippen molar-refractivity contribution in [3.63, 3.8) is 0 Å². The molecule has 2 aromatic heterocycles. The third kappa shape index (κ3) is 5.69. The monoisotopic (exact) mass is 559 g/mol. The number of anilines is 2. The molecule has 0 amide bonds. The fourth-order valence-corrected chi connectivity index (χ4v) is 5.54. The molecule has 1 unspecified atom stereocenters. The quantitative estimate of drug-likeness (QED) is 0.395. The number of hydrogen-bond acceptors (Lipinski definition) is 8. The zero-order valence-electron chi connectivity index (χ0n) is 22.3. The van der Waals surface area contributed by atoms with Gasteiger partial charge in [-0.3, -0.25) is 4.79 Å². The van der Waals surface area contributed by atoms with Crippen LogP contribution in [0.15, 0.2) is 36.5 Å². The molecular formula is C27H32F3N7O3. The van der Waals surface area contributed by atoms with Gasteiger partial charge in [-0.15, -0.1) is 0 Å². The first-order valence-electron chi connectivity index (χ1n) is 13.2. The second kappa shape index (κ2) is 10.6. The molecule has 1 aromatic carbocycles. The maximum Gasteiger partial charge on any atom is 0.429 e. The van der Waals surface area contributed by atoms with Crippen LogP contribution in [0.25, 0.3) is 5.69 Å². The number of alkyl halides is 3. The third-order valence-electron chi connectivity index (χ3n) is 7.80. The van der Waals surface area contributed by atoms with Gasteiger partial charge in [-0.2, -0.15) is 28.2 Å². The molecule has 10 nitrogen and oxygen atoms in total. The van der Waals surface area contributed by atoms with E-state index in [4.69, 9.17) is 10.5 Å². The van der Waals surface area contributed by atoms with Gasteiger partial charge in [0.2, 0.25) is 17.9 Å². The molecule has 4 N–H and O–H groups in total. The minimum Gasteiger partial charge on any atom is -0.480 e. The third-order valence-corrected chi connectivity index (χ3v) is 7.80. The first-order chi connectivity index (χ1) is 19.0. The second-order valence-electron chi connectivity index (χ2n) is 10.6. The molecule has 2 aliphatic rings. The number of nitrogens with two attached hydrogens (primary N) is 1. The molecule has 0 aliphatic carbocycles. The smallest absolute Gasteiger partial charge is 0.429 e. The number of hydrogen-bond donors (Lipinski definition) is 3. The van der Waals surface area contributed by atoms with Crippen molar-refractivity contribution in [3.05, 3.63) is 53.3 Å². The van der Waals surface area contributed by atoms with Crippen molar-refractivity contribution < 1.29 is 27.8 Å². The number of rotatable bonds is 7. The van der Waals surface area contributed by atoms with Crippen LogP contribution >= 0.6 is 0 Å². The van der Waals surface area contributed by atoms with Crippen LogP contribution in [0.1, 0.15) is 49.1 Å². The lowest BCUT2D eigenvalue weighted by molar-refractivity contribution is -0.198. The number of piperidine rings is 1. The van der Waals surface area contributed by atoms with Crippen molar-refractivity contribution in [3.8, 4) is 11.6 Å². The number of nitrogen functional groups attached to an aromatic ring is 1. The maximum atomic E-state index is 14.5. The SMILES string of the molecule is CCc1ccc(C(Oc2cc(N3CCC4(CC3)CN[C@H](C(=O)O)C4)nc(N)n2)C(F)(F)F)c(-n2ccc(C)n2)c1. The van der Waals surface area contributed by atoms with Gasteiger partial charge in [0, 0.05) is 37.5 Å². The summed E-state index contributed by atoms with van der Waals surface area (Å²) in [4.78, 5) is 21.5. The minimum absolute atomic E-state index is 0.104. The van der Waals surface area contributed by atoms with E-state index in [1.165, 1.54) is 16.8 Å². The summed E-state index contributed by atoms with van der Waals surface area (Å²) in [5, 5.41) is 16.7. The van der Waals surface area contributed by atoms with Crippen molar-refractivity contribution in [2.24, 2.45) is 5.41 Å². The highest BCUT2D eigenvalue weighted by molar-refractivity contribution is 5.74. The molecular weight excluding hydrogens is 527 g/mol. The van der Waals surface area contributed by atoms with Crippen LogP contribution in [0.5, 0.6) is 5.88 Å². The van der Waals surface area contributed by atoms with Gasteiger partial charge in [-0.1, -0.05) is 19.1 Å². The largest absolute Gasteiger partial charge is 0.480 e. The summed E-state index contributed by atoms with van der Waals surface area (Å²) in [7, 11) is 0. The summed E-state index contributed by atoms with van der Waals surface area (Å²) in [6.07, 6.45) is -2.87. The molecule has 0 bridgehead atoms. The Morgan fingerprint density at radius 1 is 1.25 bits per heavy atom. The molecule has 40 heavy (non-hydrogen) atoms. The Labute approximate surface area is 229 Å². The topological polar surface area (TPSA) is 131 Å². The lowest BCUT2D eigenvalue weighted by Crippen LogP contribution is -2.41. The van der Waals surface area contributed by atoms with Crippen molar-refractivity contribution in [1.29, 1.82) is 0 Å². The van der Waals surface area contributed by atoms with E-state index >= 15 is 0 Å². The number of nitrogens with one attached hydrogen (secondary N) is 1. The predicted molar refractivity (Wildman–Crippen MR) is 141 cm³/mol. The Hall–Kier alpha value is -3.87. The number of aromatic nitrogens is 4. The highest BCUT2D eigenvalue weighted by atomic mass is 19.4. The van der Waals surface area contributed by atoms with E-state index in [0.717, 1.165) is 5.56 Å². The standard InChI is InChI=1S/C27H32F3N7O3/c1-3-17-4-5-18(20(12-17)37-9-6-16(2)35-37)23(27(28,29)30)40-22-13-21(33-25(31)34-22)36-10-7-26(8-11-36)14-19(24(38)39)32-15-26/h4-6,9,12-13,19,23,32H,3,7-8,10-11,14-15H2,1-2H3,(H,38,39)(H2,31,33,34)/t19-,23?/m0/s1. The highest BCUT2D eigenvalue weighted by Gasteiger charge is 2.46. The number of carboxylic acid groups (broad SMARTS) is 1. The van der Waals surface area contributed by atoms with Crippen LogP contribution in [-0.2, 0) is 11.2 Å². The number of carboxylic acids is 1. The van der Waals surface area contributed by atoms with Crippen molar-refractivity contribution in [2.45, 2.75) is 57.9 Å². The number of ether oxygens (including phenoxy) is 1. The molecule has 3 aromatic rings. The minimum atomic E-state index is -4.77. The van der Waals surface area contributed by atoms with Gasteiger partial charge in [-0.05, 0) is 55.7 Å². The zero-order chi connectivity index (χ0) is 28.7. The summed E-state index contributed by atoms with van der Waals surface area (Å²) in [5.74, 6) is -0.991. The first-order valence-corrected chi connectivity index (χ1v) is 13.2. The van der Waals surface area contributed by atoms with E-state index in [1.807, 2.05) is 11.8 Å². The van der Waals surface area contributed by atoms with Crippen LogP contribution in [0.4, 0.5) is 24.9 Å². The van der Waals surface area contributed by atoms with Gasteiger partial charge in [0.25, 0.3) is 0 Å². The van der Waals surface area contributed by atoms with Gasteiger partial charge in [0.15, 0.2) is 0 Å². The molecule has 5 rings (SSSR count). The summed E-state index contributed by atoms with van der Waals surface area (Å²) < 4.78 is 50.5. The Morgan fingerprint density at radius 2 is 2.00 bits per heavy atom. The Kier molecular flexibility index (Phi) is 7.34. The number of carbonyl (C=O) groups is 1. The van der Waals surface area contributed by atoms with E-state index in [1.54, 1.807) is 31.3 Å². The average Bonchev–Trinajstić information content (AvgIpc) is 3.53. The van der Waals surface area contributed by atoms with Crippen LogP contribution in [0, 0.1) is 12.3 Å². The zero-order valence-corrected chi connectivity index (χ0v) is 22.3. The van der Waals surface area contributed by atoms with Crippen LogP contribution in [-0.4, -0.2) is 62.7 Å². The lowest BCUT2D eigenvalue weighted by Gasteiger charge is -2.39. The number of aryl methyl sites for hydroxylation is 2. The Bertz CT molecular complexity index is 1390. The molecule has 13 heteroatoms. The molecule has 0 radical (unpaired) electrons. The molecule has 1 spiro atoms. The average molecular weight is 560 g/mol. The molecule has 214 valence electrons. The Balaban J connectivity index is 1.41.